The minimum atomic E-state index is 0.208. The largest absolute Gasteiger partial charge is 0.506 e. The molecule has 3 aromatic rings. The predicted octanol–water partition coefficient (Wildman–Crippen LogP) is 6.25. The molecule has 0 saturated heterocycles. The second-order valence-electron chi connectivity index (χ2n) is 9.45. The zero-order chi connectivity index (χ0) is 26.7. The number of hydrogen-bond donors (Lipinski definition) is 4. The fourth-order valence-electron chi connectivity index (χ4n) is 4.49. The van der Waals surface area contributed by atoms with Gasteiger partial charge < -0.3 is 20.6 Å². The fraction of sp³-hybridized carbons (Fsp3) is 0.219. The van der Waals surface area contributed by atoms with Crippen molar-refractivity contribution in [3.8, 4) is 5.75 Å². The first kappa shape index (κ1) is 27.2. The van der Waals surface area contributed by atoms with E-state index < -0.39 is 0 Å². The quantitative estimate of drug-likeness (QED) is 0.0775. The molecule has 0 bridgehead atoms. The molecule has 0 spiro atoms. The Hall–Kier alpha value is -3.87. The van der Waals surface area contributed by atoms with Crippen LogP contribution in [0, 0.1) is 12.3 Å². The van der Waals surface area contributed by atoms with Gasteiger partial charge in [-0.1, -0.05) is 83.9 Å². The van der Waals surface area contributed by atoms with E-state index in [1.165, 1.54) is 34.0 Å². The van der Waals surface area contributed by atoms with Gasteiger partial charge in [0.25, 0.3) is 0 Å². The van der Waals surface area contributed by atoms with Gasteiger partial charge in [0.2, 0.25) is 0 Å². The lowest BCUT2D eigenvalue weighted by Crippen LogP contribution is -2.20. The Bertz CT molecular complexity index is 1340. The van der Waals surface area contributed by atoms with Crippen LogP contribution in [0.25, 0.3) is 5.57 Å². The average molecular weight is 503 g/mol. The maximum Gasteiger partial charge on any atom is 0.138 e. The van der Waals surface area contributed by atoms with Gasteiger partial charge in [0, 0.05) is 12.8 Å². The Morgan fingerprint density at radius 1 is 0.947 bits per heavy atom. The molecule has 0 aromatic heterocycles. The van der Waals surface area contributed by atoms with Crippen molar-refractivity contribution in [1.29, 1.82) is 5.41 Å². The third-order valence-electron chi connectivity index (χ3n) is 6.65. The summed E-state index contributed by atoms with van der Waals surface area (Å²) in [5, 5.41) is 23.7. The Morgan fingerprint density at radius 2 is 1.68 bits per heavy atom. The molecule has 2 radical (unpaired) electrons. The van der Waals surface area contributed by atoms with Crippen molar-refractivity contribution in [1.82, 2.24) is 5.32 Å². The van der Waals surface area contributed by atoms with Gasteiger partial charge in [0.05, 0.1) is 12.4 Å². The van der Waals surface area contributed by atoms with Crippen LogP contribution < -0.4 is 10.6 Å². The van der Waals surface area contributed by atoms with Crippen molar-refractivity contribution in [3.63, 3.8) is 0 Å². The van der Waals surface area contributed by atoms with Crippen LogP contribution in [0.15, 0.2) is 102 Å². The molecule has 5 nitrogen and oxygen atoms in total. The maximum absolute atomic E-state index is 9.75. The molecule has 0 atom stereocenters. The minimum absolute atomic E-state index is 0.208. The highest BCUT2D eigenvalue weighted by atomic mass is 16.5. The molecular weight excluding hydrogens is 469 g/mol. The topological polar surface area (TPSA) is 77.4 Å². The maximum atomic E-state index is 9.75. The molecule has 4 rings (SSSR count). The molecule has 38 heavy (non-hydrogen) atoms. The summed E-state index contributed by atoms with van der Waals surface area (Å²) in [5.41, 5.74) is 9.58. The van der Waals surface area contributed by atoms with Gasteiger partial charge in [-0.3, -0.25) is 5.32 Å². The van der Waals surface area contributed by atoms with E-state index in [9.17, 15) is 5.11 Å². The first-order chi connectivity index (χ1) is 18.5. The van der Waals surface area contributed by atoms with Crippen LogP contribution in [-0.2, 0) is 17.7 Å². The highest BCUT2D eigenvalue weighted by molar-refractivity contribution is 6.33. The summed E-state index contributed by atoms with van der Waals surface area (Å²) in [4.78, 5) is 0. The number of aryl methyl sites for hydroxylation is 2. The van der Waals surface area contributed by atoms with E-state index in [0.717, 1.165) is 30.4 Å². The number of aromatic hydroxyl groups is 1. The van der Waals surface area contributed by atoms with Crippen molar-refractivity contribution < 1.29 is 9.84 Å². The summed E-state index contributed by atoms with van der Waals surface area (Å²) in [7, 11) is 6.15. The normalized spacial score (nSPS) is 14.4. The Labute approximate surface area is 226 Å². The van der Waals surface area contributed by atoms with E-state index in [-0.39, 0.29) is 5.75 Å². The highest BCUT2D eigenvalue weighted by Gasteiger charge is 2.14. The number of ether oxygens (including phenoxy) is 1. The molecule has 0 unspecified atom stereocenters. The number of nitrogens with one attached hydrogen (secondary N) is 3. The van der Waals surface area contributed by atoms with Crippen LogP contribution in [0.3, 0.4) is 0 Å². The fourth-order valence-corrected chi connectivity index (χ4v) is 4.49. The van der Waals surface area contributed by atoms with Gasteiger partial charge in [-0.15, -0.1) is 0 Å². The molecule has 4 N–H and O–H groups in total. The highest BCUT2D eigenvalue weighted by Crippen LogP contribution is 2.33. The monoisotopic (exact) mass is 503 g/mol. The van der Waals surface area contributed by atoms with Crippen LogP contribution in [-0.4, -0.2) is 32.6 Å². The number of rotatable bonds is 12. The van der Waals surface area contributed by atoms with E-state index in [1.54, 1.807) is 18.2 Å². The van der Waals surface area contributed by atoms with E-state index in [4.69, 9.17) is 18.0 Å². The summed E-state index contributed by atoms with van der Waals surface area (Å²) < 4.78 is 5.55. The molecule has 0 aliphatic heterocycles. The Morgan fingerprint density at radius 3 is 2.45 bits per heavy atom. The number of phenolic OH excluding ortho intramolecular Hbond substituents is 1. The van der Waals surface area contributed by atoms with Gasteiger partial charge in [-0.25, -0.2) is 0 Å². The van der Waals surface area contributed by atoms with Crippen LogP contribution in [0.4, 0.5) is 5.69 Å². The van der Waals surface area contributed by atoms with Crippen molar-refractivity contribution in [2.45, 2.75) is 32.7 Å². The average Bonchev–Trinajstić information content (AvgIpc) is 2.95. The molecule has 0 heterocycles. The molecule has 1 aliphatic carbocycles. The zero-order valence-electron chi connectivity index (χ0n) is 21.8. The molecule has 3 aromatic carbocycles. The van der Waals surface area contributed by atoms with Crippen LogP contribution in [0.1, 0.15) is 35.1 Å². The molecular formula is C32H34BN3O2. The Kier molecular flexibility index (Phi) is 9.74. The third-order valence-corrected chi connectivity index (χ3v) is 6.65. The van der Waals surface area contributed by atoms with Gasteiger partial charge in [-0.2, -0.15) is 0 Å². The summed E-state index contributed by atoms with van der Waals surface area (Å²) in [6.07, 6.45) is 8.31. The predicted molar refractivity (Wildman–Crippen MR) is 158 cm³/mol. The SMILES string of the molecule is [B]/C(C=N)=C1\C=C(c2ccccc2C)C=C(CCc2ccc(CNCOCNc3ccccc3O)cc2)C1. The number of anilines is 1. The van der Waals surface area contributed by atoms with E-state index in [0.29, 0.717) is 31.2 Å². The molecule has 1 aliphatic rings. The summed E-state index contributed by atoms with van der Waals surface area (Å²) in [6, 6.07) is 24.1. The van der Waals surface area contributed by atoms with Gasteiger partial charge >= 0.3 is 0 Å². The van der Waals surface area contributed by atoms with E-state index in [1.807, 2.05) is 6.07 Å². The number of hydrogen-bond acceptors (Lipinski definition) is 5. The first-order valence-corrected chi connectivity index (χ1v) is 12.9. The van der Waals surface area contributed by atoms with Gasteiger partial charge in [-0.05, 0) is 71.7 Å². The van der Waals surface area contributed by atoms with E-state index >= 15 is 0 Å². The van der Waals surface area contributed by atoms with Crippen LogP contribution in [0.2, 0.25) is 0 Å². The second kappa shape index (κ2) is 13.6. The number of para-hydroxylation sites is 2. The van der Waals surface area contributed by atoms with Gasteiger partial charge in [0.1, 0.15) is 20.3 Å². The lowest BCUT2D eigenvalue weighted by atomic mass is 9.81. The summed E-state index contributed by atoms with van der Waals surface area (Å²) in [6.45, 7) is 3.55. The second-order valence-corrected chi connectivity index (χ2v) is 9.45. The molecule has 0 fully saturated rings. The number of phenols is 1. The Balaban J connectivity index is 1.27. The molecule has 192 valence electrons. The van der Waals surface area contributed by atoms with Gasteiger partial charge in [0.15, 0.2) is 0 Å². The number of benzene rings is 3. The lowest BCUT2D eigenvalue weighted by Gasteiger charge is -2.19. The van der Waals surface area contributed by atoms with Crippen LogP contribution in [0.5, 0.6) is 5.75 Å². The standard InChI is InChI=1S/C32H34BN3O2/c1-23-6-2-3-7-29(23)27-16-26(17-28(18-27)30(33)19-34)15-12-24-10-13-25(14-11-24)20-35-21-38-22-36-31-8-4-5-9-32(31)37/h2-11,13-14,16,18-19,34-37H,12,15,17,20-22H2,1H3/b30-28-,34-19?. The smallest absolute Gasteiger partial charge is 0.138 e. The summed E-state index contributed by atoms with van der Waals surface area (Å²) >= 11 is 0. The van der Waals surface area contributed by atoms with Crippen molar-refractivity contribution in [2.75, 3.05) is 18.8 Å². The van der Waals surface area contributed by atoms with Crippen molar-refractivity contribution >= 4 is 25.3 Å². The number of allylic oxidation sites excluding steroid dienone is 6. The van der Waals surface area contributed by atoms with Crippen molar-refractivity contribution in [2.24, 2.45) is 0 Å². The third kappa shape index (κ3) is 7.57. The van der Waals surface area contributed by atoms with Crippen molar-refractivity contribution in [3.05, 3.63) is 124 Å². The van der Waals surface area contributed by atoms with E-state index in [2.05, 4.69) is 78.2 Å². The first-order valence-electron chi connectivity index (χ1n) is 12.9. The zero-order valence-corrected chi connectivity index (χ0v) is 21.8. The summed E-state index contributed by atoms with van der Waals surface area (Å²) in [5.74, 6) is 0.208. The van der Waals surface area contributed by atoms with Crippen LogP contribution >= 0.6 is 0 Å². The molecule has 0 amide bonds. The molecule has 0 saturated carbocycles. The minimum Gasteiger partial charge on any atom is -0.506 e. The lowest BCUT2D eigenvalue weighted by molar-refractivity contribution is 0.132. The molecule has 6 heteroatoms.